The third-order valence-corrected chi connectivity index (χ3v) is 5.40. The summed E-state index contributed by atoms with van der Waals surface area (Å²) in [5, 5.41) is 0. The molecule has 0 bridgehead atoms. The summed E-state index contributed by atoms with van der Waals surface area (Å²) in [5.41, 5.74) is 4.51. The van der Waals surface area contributed by atoms with Crippen LogP contribution in [0.25, 0.3) is 0 Å². The third kappa shape index (κ3) is 4.29. The van der Waals surface area contributed by atoms with Gasteiger partial charge in [0.1, 0.15) is 12.5 Å². The van der Waals surface area contributed by atoms with Crippen LogP contribution in [0.2, 0.25) is 0 Å². The Labute approximate surface area is 159 Å². The van der Waals surface area contributed by atoms with E-state index in [0.29, 0.717) is 18.2 Å². The highest BCUT2D eigenvalue weighted by Gasteiger charge is 2.29. The Morgan fingerprint density at radius 3 is 2.35 bits per heavy atom. The largest absolute Gasteiger partial charge is 0.478 e. The summed E-state index contributed by atoms with van der Waals surface area (Å²) in [6, 6.07) is 17.8. The topological polar surface area (TPSA) is 12.5 Å². The zero-order valence-electron chi connectivity index (χ0n) is 17.2. The van der Waals surface area contributed by atoms with Gasteiger partial charge in [-0.15, -0.1) is 0 Å². The average molecular weight is 352 g/mol. The van der Waals surface area contributed by atoms with Gasteiger partial charge >= 0.3 is 0 Å². The molecule has 0 saturated carbocycles. The van der Waals surface area contributed by atoms with E-state index in [-0.39, 0.29) is 5.41 Å². The van der Waals surface area contributed by atoms with Crippen molar-refractivity contribution in [2.45, 2.75) is 66.0 Å². The van der Waals surface area contributed by atoms with E-state index >= 15 is 0 Å². The average Bonchev–Trinajstić information content (AvgIpc) is 2.59. The van der Waals surface area contributed by atoms with Crippen molar-refractivity contribution in [1.82, 2.24) is 4.90 Å². The summed E-state index contributed by atoms with van der Waals surface area (Å²) in [4.78, 5) is 2.40. The van der Waals surface area contributed by atoms with Crippen LogP contribution in [-0.4, -0.2) is 11.6 Å². The predicted molar refractivity (Wildman–Crippen MR) is 109 cm³/mol. The molecule has 2 heteroatoms. The van der Waals surface area contributed by atoms with Crippen LogP contribution in [0.15, 0.2) is 48.5 Å². The summed E-state index contributed by atoms with van der Waals surface area (Å²) in [6.07, 6.45) is 1.16. The Bertz CT molecular complexity index is 743. The smallest absolute Gasteiger partial charge is 0.142 e. The normalized spacial score (nSPS) is 16.7. The summed E-state index contributed by atoms with van der Waals surface area (Å²) in [7, 11) is 0. The Hall–Kier alpha value is -1.80. The van der Waals surface area contributed by atoms with Gasteiger partial charge in [0.05, 0.1) is 0 Å². The van der Waals surface area contributed by atoms with Crippen molar-refractivity contribution >= 4 is 0 Å². The van der Waals surface area contributed by atoms with Crippen LogP contribution in [0, 0.1) is 5.41 Å². The molecule has 2 aromatic rings. The number of ether oxygens (including phenoxy) is 1. The Morgan fingerprint density at radius 1 is 1.00 bits per heavy atom. The van der Waals surface area contributed by atoms with Crippen molar-refractivity contribution < 1.29 is 4.74 Å². The molecular weight excluding hydrogens is 318 g/mol. The molecular formula is C24H33NO. The number of hydrogen-bond acceptors (Lipinski definition) is 2. The first kappa shape index (κ1) is 19.0. The van der Waals surface area contributed by atoms with Crippen molar-refractivity contribution in [3.63, 3.8) is 0 Å². The molecule has 0 unspecified atom stereocenters. The molecule has 0 radical (unpaired) electrons. The van der Waals surface area contributed by atoms with Crippen molar-refractivity contribution in [1.29, 1.82) is 0 Å². The van der Waals surface area contributed by atoms with Gasteiger partial charge in [0.25, 0.3) is 0 Å². The van der Waals surface area contributed by atoms with Crippen molar-refractivity contribution in [3.8, 4) is 5.75 Å². The summed E-state index contributed by atoms with van der Waals surface area (Å²) >= 11 is 0. The van der Waals surface area contributed by atoms with Gasteiger partial charge in [-0.1, -0.05) is 77.1 Å². The Kier molecular flexibility index (Phi) is 5.16. The molecule has 0 aromatic heterocycles. The van der Waals surface area contributed by atoms with Crippen molar-refractivity contribution in [3.05, 3.63) is 65.2 Å². The van der Waals surface area contributed by atoms with Gasteiger partial charge in [0, 0.05) is 18.2 Å². The minimum atomic E-state index is 0.153. The monoisotopic (exact) mass is 351 g/mol. The molecule has 0 saturated heterocycles. The van der Waals surface area contributed by atoms with E-state index in [0.717, 1.165) is 18.7 Å². The van der Waals surface area contributed by atoms with Gasteiger partial charge < -0.3 is 4.74 Å². The van der Waals surface area contributed by atoms with E-state index < -0.39 is 0 Å². The lowest BCUT2D eigenvalue weighted by molar-refractivity contribution is 0.0616. The molecule has 26 heavy (non-hydrogen) atoms. The van der Waals surface area contributed by atoms with Crippen molar-refractivity contribution in [2.24, 2.45) is 5.41 Å². The molecule has 0 spiro atoms. The summed E-state index contributed by atoms with van der Waals surface area (Å²) in [6.45, 7) is 15.5. The number of rotatable bonds is 4. The lowest BCUT2D eigenvalue weighted by atomic mass is 9.72. The van der Waals surface area contributed by atoms with E-state index in [9.17, 15) is 0 Å². The molecule has 2 nitrogen and oxygen atoms in total. The van der Waals surface area contributed by atoms with E-state index in [1.165, 1.54) is 16.7 Å². The molecule has 0 N–H and O–H groups in total. The predicted octanol–water partition coefficient (Wildman–Crippen LogP) is 6.31. The lowest BCUT2D eigenvalue weighted by Gasteiger charge is -2.36. The first-order chi connectivity index (χ1) is 12.2. The summed E-state index contributed by atoms with van der Waals surface area (Å²) in [5.74, 6) is 1.04. The molecule has 140 valence electrons. The van der Waals surface area contributed by atoms with E-state index in [4.69, 9.17) is 4.74 Å². The fraction of sp³-hybridized carbons (Fsp3) is 0.500. The maximum Gasteiger partial charge on any atom is 0.142 e. The molecule has 0 amide bonds. The van der Waals surface area contributed by atoms with Gasteiger partial charge in [-0.3, -0.25) is 4.90 Å². The Balaban J connectivity index is 1.82. The van der Waals surface area contributed by atoms with E-state index in [1.54, 1.807) is 0 Å². The van der Waals surface area contributed by atoms with Crippen LogP contribution >= 0.6 is 0 Å². The van der Waals surface area contributed by atoms with Gasteiger partial charge in [0.2, 0.25) is 0 Å². The van der Waals surface area contributed by atoms with Crippen LogP contribution in [0.4, 0.5) is 0 Å². The number of fused-ring (bicyclic) bond motifs is 1. The van der Waals surface area contributed by atoms with Gasteiger partial charge in [0.15, 0.2) is 0 Å². The lowest BCUT2D eigenvalue weighted by Crippen LogP contribution is -2.34. The van der Waals surface area contributed by atoms with Crippen molar-refractivity contribution in [2.75, 3.05) is 6.73 Å². The van der Waals surface area contributed by atoms with Gasteiger partial charge in [-0.25, -0.2) is 0 Å². The maximum absolute atomic E-state index is 6.07. The third-order valence-electron chi connectivity index (χ3n) is 5.40. The molecule has 1 aliphatic heterocycles. The SMILES string of the molecule is C[C@H](c1ccccc1)N1COc2ccc(C(C)(C)CC(C)(C)C)cc2C1. The number of nitrogens with zero attached hydrogens (tertiary/aromatic N) is 1. The Morgan fingerprint density at radius 2 is 1.69 bits per heavy atom. The minimum Gasteiger partial charge on any atom is -0.478 e. The first-order valence-corrected chi connectivity index (χ1v) is 9.71. The molecule has 1 heterocycles. The second-order valence-corrected chi connectivity index (χ2v) is 9.55. The molecule has 0 fully saturated rings. The van der Waals surface area contributed by atoms with Gasteiger partial charge in [-0.05, 0) is 41.4 Å². The summed E-state index contributed by atoms with van der Waals surface area (Å²) < 4.78 is 6.07. The van der Waals surface area contributed by atoms with E-state index in [1.807, 2.05) is 0 Å². The molecule has 2 aromatic carbocycles. The first-order valence-electron chi connectivity index (χ1n) is 9.71. The zero-order valence-corrected chi connectivity index (χ0v) is 17.2. The molecule has 1 aliphatic rings. The van der Waals surface area contributed by atoms with Crippen LogP contribution in [0.3, 0.4) is 0 Å². The molecule has 3 rings (SSSR count). The fourth-order valence-corrected chi connectivity index (χ4v) is 4.30. The van der Waals surface area contributed by atoms with E-state index in [2.05, 4.69) is 95.0 Å². The highest BCUT2D eigenvalue weighted by atomic mass is 16.5. The molecule has 1 atom stereocenters. The van der Waals surface area contributed by atoms with Crippen LogP contribution < -0.4 is 4.74 Å². The van der Waals surface area contributed by atoms with Crippen LogP contribution in [-0.2, 0) is 12.0 Å². The highest BCUT2D eigenvalue weighted by Crippen LogP contribution is 2.39. The fourth-order valence-electron chi connectivity index (χ4n) is 4.30. The quantitative estimate of drug-likeness (QED) is 0.639. The highest BCUT2D eigenvalue weighted by molar-refractivity contribution is 5.41. The number of benzene rings is 2. The molecule has 0 aliphatic carbocycles. The van der Waals surface area contributed by atoms with Gasteiger partial charge in [-0.2, -0.15) is 0 Å². The second kappa shape index (κ2) is 7.08. The maximum atomic E-state index is 6.07. The minimum absolute atomic E-state index is 0.153. The number of hydrogen-bond donors (Lipinski definition) is 0. The van der Waals surface area contributed by atoms with Crippen LogP contribution in [0.5, 0.6) is 5.75 Å². The zero-order chi connectivity index (χ0) is 18.9. The standard InChI is InChI=1S/C24H33NO/c1-18(19-10-8-7-9-11-19)25-15-20-14-21(12-13-22(20)26-17-25)24(5,6)16-23(2,3)4/h7-14,18H,15-17H2,1-6H3/t18-/m1/s1. The second-order valence-electron chi connectivity index (χ2n) is 9.55. The van der Waals surface area contributed by atoms with Crippen LogP contribution in [0.1, 0.15) is 70.7 Å².